The Morgan fingerprint density at radius 2 is 1.92 bits per heavy atom. The van der Waals surface area contributed by atoms with Crippen LogP contribution in [-0.4, -0.2) is 36.6 Å². The smallest absolute Gasteiger partial charge is 0.247 e. The zero-order valence-corrected chi connectivity index (χ0v) is 15.5. The number of hydrogen-bond acceptors (Lipinski definition) is 6. The number of halogens is 1. The number of fused-ring (bicyclic) bond motifs is 2. The molecule has 1 atom stereocenters. The van der Waals surface area contributed by atoms with Gasteiger partial charge in [0.2, 0.25) is 16.8 Å². The van der Waals surface area contributed by atoms with E-state index >= 15 is 0 Å². The topological polar surface area (TPSA) is 81.1 Å². The SMILES string of the molecule is CS(=O)(=O)N1N=C(C2CC2)C[C@@H]1c1cc2cc3c(cc2nc1Cl)OCO3. The van der Waals surface area contributed by atoms with Gasteiger partial charge in [0.25, 0.3) is 0 Å². The van der Waals surface area contributed by atoms with Gasteiger partial charge in [-0.25, -0.2) is 13.4 Å². The fraction of sp³-hybridized carbons (Fsp3) is 0.412. The van der Waals surface area contributed by atoms with Crippen molar-refractivity contribution < 1.29 is 17.9 Å². The number of nitrogens with zero attached hydrogens (tertiary/aromatic N) is 3. The van der Waals surface area contributed by atoms with Crippen molar-refractivity contribution in [1.82, 2.24) is 9.40 Å². The highest BCUT2D eigenvalue weighted by Crippen LogP contribution is 2.44. The molecule has 1 fully saturated rings. The normalized spacial score (nSPS) is 22.2. The lowest BCUT2D eigenvalue weighted by Gasteiger charge is -2.22. The van der Waals surface area contributed by atoms with E-state index in [9.17, 15) is 8.42 Å². The van der Waals surface area contributed by atoms with E-state index in [-0.39, 0.29) is 11.9 Å². The van der Waals surface area contributed by atoms with E-state index in [0.717, 1.165) is 23.9 Å². The molecule has 9 heteroatoms. The highest BCUT2D eigenvalue weighted by molar-refractivity contribution is 7.88. The molecule has 26 heavy (non-hydrogen) atoms. The van der Waals surface area contributed by atoms with E-state index in [1.807, 2.05) is 12.1 Å². The second-order valence-corrected chi connectivity index (χ2v) is 9.09. The summed E-state index contributed by atoms with van der Waals surface area (Å²) in [6.45, 7) is 0.176. The van der Waals surface area contributed by atoms with Crippen molar-refractivity contribution in [2.24, 2.45) is 11.0 Å². The minimum absolute atomic E-state index is 0.176. The number of aromatic nitrogens is 1. The van der Waals surface area contributed by atoms with Crippen LogP contribution in [0.5, 0.6) is 11.5 Å². The minimum atomic E-state index is -3.50. The van der Waals surface area contributed by atoms with Gasteiger partial charge in [0.15, 0.2) is 11.5 Å². The monoisotopic (exact) mass is 393 g/mol. The summed E-state index contributed by atoms with van der Waals surface area (Å²) < 4.78 is 36.5. The molecule has 5 rings (SSSR count). The largest absolute Gasteiger partial charge is 0.454 e. The van der Waals surface area contributed by atoms with Crippen LogP contribution in [0.15, 0.2) is 23.3 Å². The molecule has 1 aromatic heterocycles. The van der Waals surface area contributed by atoms with Crippen molar-refractivity contribution in [3.63, 3.8) is 0 Å². The first-order valence-electron chi connectivity index (χ1n) is 8.37. The molecule has 0 unspecified atom stereocenters. The van der Waals surface area contributed by atoms with Crippen LogP contribution in [0.4, 0.5) is 0 Å². The average molecular weight is 394 g/mol. The first kappa shape index (κ1) is 16.1. The summed E-state index contributed by atoms with van der Waals surface area (Å²) >= 11 is 6.44. The summed E-state index contributed by atoms with van der Waals surface area (Å²) in [6.07, 6.45) is 3.85. The summed E-state index contributed by atoms with van der Waals surface area (Å²) in [7, 11) is -3.50. The van der Waals surface area contributed by atoms with Gasteiger partial charge < -0.3 is 9.47 Å². The Kier molecular flexibility index (Phi) is 3.39. The van der Waals surface area contributed by atoms with Gasteiger partial charge in [-0.3, -0.25) is 0 Å². The van der Waals surface area contributed by atoms with Crippen LogP contribution in [0.3, 0.4) is 0 Å². The number of pyridine rings is 1. The number of benzene rings is 1. The first-order chi connectivity index (χ1) is 12.4. The van der Waals surface area contributed by atoms with Crippen LogP contribution < -0.4 is 9.47 Å². The van der Waals surface area contributed by atoms with Crippen LogP contribution >= 0.6 is 11.6 Å². The second-order valence-electron chi connectivity index (χ2n) is 6.89. The Balaban J connectivity index is 1.61. The third-order valence-electron chi connectivity index (χ3n) is 4.93. The fourth-order valence-electron chi connectivity index (χ4n) is 3.50. The molecule has 2 aliphatic heterocycles. The number of sulfonamides is 1. The van der Waals surface area contributed by atoms with Crippen LogP contribution in [0, 0.1) is 5.92 Å². The third-order valence-corrected chi connectivity index (χ3v) is 6.25. The highest BCUT2D eigenvalue weighted by atomic mass is 35.5. The Morgan fingerprint density at radius 1 is 1.19 bits per heavy atom. The number of ether oxygens (including phenoxy) is 2. The average Bonchev–Trinajstić information content (AvgIpc) is 3.15. The van der Waals surface area contributed by atoms with Crippen molar-refractivity contribution in [2.45, 2.75) is 25.3 Å². The van der Waals surface area contributed by atoms with Crippen LogP contribution in [0.1, 0.15) is 30.9 Å². The Morgan fingerprint density at radius 3 is 2.62 bits per heavy atom. The molecule has 1 aliphatic carbocycles. The zero-order chi connectivity index (χ0) is 18.1. The van der Waals surface area contributed by atoms with Gasteiger partial charge in [-0.15, -0.1) is 0 Å². The van der Waals surface area contributed by atoms with Crippen molar-refractivity contribution in [2.75, 3.05) is 13.0 Å². The van der Waals surface area contributed by atoms with Gasteiger partial charge in [-0.1, -0.05) is 11.6 Å². The quantitative estimate of drug-likeness (QED) is 0.748. The van der Waals surface area contributed by atoms with Gasteiger partial charge >= 0.3 is 0 Å². The second kappa shape index (κ2) is 5.47. The summed E-state index contributed by atoms with van der Waals surface area (Å²) in [6, 6.07) is 5.03. The minimum Gasteiger partial charge on any atom is -0.454 e. The lowest BCUT2D eigenvalue weighted by molar-refractivity contribution is 0.174. The predicted molar refractivity (Wildman–Crippen MR) is 97.1 cm³/mol. The summed E-state index contributed by atoms with van der Waals surface area (Å²) in [5.74, 6) is 1.67. The van der Waals surface area contributed by atoms with Crippen LogP contribution in [0.2, 0.25) is 5.15 Å². The number of rotatable bonds is 3. The molecule has 7 nitrogen and oxygen atoms in total. The van der Waals surface area contributed by atoms with Gasteiger partial charge in [0, 0.05) is 29.1 Å². The maximum atomic E-state index is 12.3. The predicted octanol–water partition coefficient (Wildman–Crippen LogP) is 3.09. The van der Waals surface area contributed by atoms with Crippen molar-refractivity contribution in [3.8, 4) is 11.5 Å². The van der Waals surface area contributed by atoms with E-state index in [1.54, 1.807) is 6.07 Å². The van der Waals surface area contributed by atoms with Gasteiger partial charge in [-0.2, -0.15) is 9.52 Å². The molecule has 3 heterocycles. The van der Waals surface area contributed by atoms with Crippen LogP contribution in [-0.2, 0) is 10.0 Å². The Labute approximate surface area is 155 Å². The number of hydrazone groups is 1. The Hall–Kier alpha value is -2.06. The standard InChI is InChI=1S/C17H16ClN3O4S/c1-26(22,23)21-14(6-13(20-21)9-2-3-9)11-4-10-5-15-16(25-8-24-15)7-12(10)19-17(11)18/h4-5,7,9,14H,2-3,6,8H2,1H3/t14-/m1/s1. The van der Waals surface area contributed by atoms with E-state index in [2.05, 4.69) is 10.1 Å². The molecule has 1 saturated carbocycles. The van der Waals surface area contributed by atoms with Gasteiger partial charge in [0.1, 0.15) is 5.15 Å². The molecule has 136 valence electrons. The van der Waals surface area contributed by atoms with E-state index in [0.29, 0.717) is 34.9 Å². The van der Waals surface area contributed by atoms with Crippen molar-refractivity contribution in [3.05, 3.63) is 28.9 Å². The molecular formula is C17H16ClN3O4S. The van der Waals surface area contributed by atoms with E-state index < -0.39 is 16.1 Å². The molecule has 0 spiro atoms. The lowest BCUT2D eigenvalue weighted by atomic mass is 10.0. The highest BCUT2D eigenvalue weighted by Gasteiger charge is 2.41. The number of hydrogen-bond donors (Lipinski definition) is 0. The molecule has 0 bridgehead atoms. The molecule has 2 aromatic rings. The summed E-state index contributed by atoms with van der Waals surface area (Å²) in [4.78, 5) is 4.46. The maximum Gasteiger partial charge on any atom is 0.247 e. The Bertz CT molecular complexity index is 1070. The maximum absolute atomic E-state index is 12.3. The summed E-state index contributed by atoms with van der Waals surface area (Å²) in [5, 5.41) is 5.49. The van der Waals surface area contributed by atoms with Gasteiger partial charge in [0.05, 0.1) is 17.8 Å². The molecular weight excluding hydrogens is 378 g/mol. The van der Waals surface area contributed by atoms with Crippen molar-refractivity contribution >= 4 is 38.2 Å². The van der Waals surface area contributed by atoms with E-state index in [4.69, 9.17) is 21.1 Å². The first-order valence-corrected chi connectivity index (χ1v) is 10.6. The molecule has 0 radical (unpaired) electrons. The molecule has 1 aromatic carbocycles. The fourth-order valence-corrected chi connectivity index (χ4v) is 4.68. The lowest BCUT2D eigenvalue weighted by Crippen LogP contribution is -2.26. The van der Waals surface area contributed by atoms with Crippen molar-refractivity contribution in [1.29, 1.82) is 0 Å². The molecule has 0 N–H and O–H groups in total. The van der Waals surface area contributed by atoms with Gasteiger partial charge in [-0.05, 0) is 30.9 Å². The van der Waals surface area contributed by atoms with E-state index in [1.165, 1.54) is 10.7 Å². The molecule has 3 aliphatic rings. The molecule has 0 saturated heterocycles. The molecule has 0 amide bonds. The third kappa shape index (κ3) is 2.59. The van der Waals surface area contributed by atoms with Crippen LogP contribution in [0.25, 0.3) is 10.9 Å². The summed E-state index contributed by atoms with van der Waals surface area (Å²) in [5.41, 5.74) is 2.26. The zero-order valence-electron chi connectivity index (χ0n) is 14.0.